The zero-order valence-electron chi connectivity index (χ0n) is 9.71. The second kappa shape index (κ2) is 5.75. The van der Waals surface area contributed by atoms with Crippen molar-refractivity contribution in [3.8, 4) is 0 Å². The molecule has 1 aromatic rings. The van der Waals surface area contributed by atoms with E-state index >= 15 is 0 Å². The predicted molar refractivity (Wildman–Crippen MR) is 65.9 cm³/mol. The fourth-order valence-corrected chi connectivity index (χ4v) is 1.57. The molecule has 1 rings (SSSR count). The summed E-state index contributed by atoms with van der Waals surface area (Å²) in [5.41, 5.74) is 2.05. The normalized spacial score (nSPS) is 12.0. The summed E-state index contributed by atoms with van der Waals surface area (Å²) in [6.45, 7) is 3.92. The van der Waals surface area contributed by atoms with Crippen molar-refractivity contribution in [3.05, 3.63) is 28.8 Å². The molecule has 4 heteroatoms. The molecule has 0 saturated carbocycles. The topological polar surface area (TPSA) is 38.3 Å². The summed E-state index contributed by atoms with van der Waals surface area (Å²) in [5.74, 6) is -0.223. The minimum atomic E-state index is -0.223. The number of esters is 1. The first kappa shape index (κ1) is 12.8. The van der Waals surface area contributed by atoms with Gasteiger partial charge in [0.05, 0.1) is 13.5 Å². The van der Waals surface area contributed by atoms with Gasteiger partial charge in [-0.3, -0.25) is 4.79 Å². The molecule has 0 spiro atoms. The molecule has 16 heavy (non-hydrogen) atoms. The van der Waals surface area contributed by atoms with Crippen molar-refractivity contribution in [1.82, 2.24) is 0 Å². The minimum Gasteiger partial charge on any atom is -0.469 e. The van der Waals surface area contributed by atoms with Crippen molar-refractivity contribution in [3.63, 3.8) is 0 Å². The smallest absolute Gasteiger partial charge is 0.307 e. The molecule has 1 aromatic carbocycles. The van der Waals surface area contributed by atoms with Gasteiger partial charge >= 0.3 is 5.97 Å². The van der Waals surface area contributed by atoms with Gasteiger partial charge in [-0.15, -0.1) is 0 Å². The average molecular weight is 242 g/mol. The Kier molecular flexibility index (Phi) is 4.62. The van der Waals surface area contributed by atoms with Gasteiger partial charge in [0.1, 0.15) is 0 Å². The summed E-state index contributed by atoms with van der Waals surface area (Å²) in [6, 6.07) is 5.65. The Bertz CT molecular complexity index is 379. The van der Waals surface area contributed by atoms with E-state index in [1.165, 1.54) is 7.11 Å². The molecule has 0 aliphatic heterocycles. The van der Waals surface area contributed by atoms with Crippen LogP contribution in [0.3, 0.4) is 0 Å². The fourth-order valence-electron chi connectivity index (χ4n) is 1.40. The number of hydrogen-bond donors (Lipinski definition) is 1. The minimum absolute atomic E-state index is 0.0182. The van der Waals surface area contributed by atoms with E-state index < -0.39 is 0 Å². The lowest BCUT2D eigenvalue weighted by atomic mass is 10.1. The lowest BCUT2D eigenvalue weighted by Crippen LogP contribution is -2.20. The Morgan fingerprint density at radius 2 is 2.25 bits per heavy atom. The van der Waals surface area contributed by atoms with E-state index in [0.717, 1.165) is 11.3 Å². The predicted octanol–water partition coefficient (Wildman–Crippen LogP) is 3.01. The number of aryl methyl sites for hydroxylation is 1. The van der Waals surface area contributed by atoms with Gasteiger partial charge in [-0.2, -0.15) is 0 Å². The van der Waals surface area contributed by atoms with Crippen LogP contribution in [0, 0.1) is 6.92 Å². The van der Waals surface area contributed by atoms with E-state index in [0.29, 0.717) is 11.4 Å². The Labute approximate surface area is 101 Å². The summed E-state index contributed by atoms with van der Waals surface area (Å²) in [4.78, 5) is 11.1. The number of carbonyl (C=O) groups is 1. The van der Waals surface area contributed by atoms with Crippen molar-refractivity contribution in [2.24, 2.45) is 0 Å². The summed E-state index contributed by atoms with van der Waals surface area (Å²) in [6.07, 6.45) is 0.336. The van der Waals surface area contributed by atoms with E-state index in [9.17, 15) is 4.79 Å². The highest BCUT2D eigenvalue weighted by molar-refractivity contribution is 6.30. The van der Waals surface area contributed by atoms with Crippen LogP contribution in [-0.4, -0.2) is 19.1 Å². The maximum Gasteiger partial charge on any atom is 0.307 e. The number of carbonyl (C=O) groups excluding carboxylic acids is 1. The molecule has 0 aliphatic carbocycles. The van der Waals surface area contributed by atoms with Gasteiger partial charge < -0.3 is 10.1 Å². The first-order valence-electron chi connectivity index (χ1n) is 5.12. The number of benzene rings is 1. The van der Waals surface area contributed by atoms with Crippen LogP contribution in [0.4, 0.5) is 5.69 Å². The SMILES string of the molecule is COC(=O)CC(C)Nc1cc(Cl)ccc1C. The molecule has 1 atom stereocenters. The molecule has 1 N–H and O–H groups in total. The number of nitrogens with one attached hydrogen (secondary N) is 1. The second-order valence-corrected chi connectivity index (χ2v) is 4.22. The van der Waals surface area contributed by atoms with Gasteiger partial charge in [0.25, 0.3) is 0 Å². The molecule has 3 nitrogen and oxygen atoms in total. The maximum absolute atomic E-state index is 11.1. The molecule has 0 fully saturated rings. The van der Waals surface area contributed by atoms with Crippen LogP contribution >= 0.6 is 11.6 Å². The molecular weight excluding hydrogens is 226 g/mol. The molecule has 0 amide bonds. The Morgan fingerprint density at radius 1 is 1.56 bits per heavy atom. The molecule has 0 heterocycles. The Balaban J connectivity index is 2.65. The monoisotopic (exact) mass is 241 g/mol. The van der Waals surface area contributed by atoms with Crippen molar-refractivity contribution >= 4 is 23.3 Å². The lowest BCUT2D eigenvalue weighted by molar-refractivity contribution is -0.140. The summed E-state index contributed by atoms with van der Waals surface area (Å²) >= 11 is 5.90. The number of anilines is 1. The first-order chi connectivity index (χ1) is 7.52. The number of hydrogen-bond acceptors (Lipinski definition) is 3. The Morgan fingerprint density at radius 3 is 2.88 bits per heavy atom. The summed E-state index contributed by atoms with van der Waals surface area (Å²) in [7, 11) is 1.39. The lowest BCUT2D eigenvalue weighted by Gasteiger charge is -2.16. The van der Waals surface area contributed by atoms with Gasteiger partial charge in [0, 0.05) is 16.8 Å². The summed E-state index contributed by atoms with van der Waals surface area (Å²) < 4.78 is 4.61. The third kappa shape index (κ3) is 3.74. The van der Waals surface area contributed by atoms with Gasteiger partial charge in [0.15, 0.2) is 0 Å². The van der Waals surface area contributed by atoms with E-state index in [4.69, 9.17) is 11.6 Å². The molecule has 0 bridgehead atoms. The molecule has 0 aliphatic rings. The van der Waals surface area contributed by atoms with Crippen LogP contribution in [0.15, 0.2) is 18.2 Å². The third-order valence-corrected chi connectivity index (χ3v) is 2.54. The van der Waals surface area contributed by atoms with Crippen LogP contribution in [0.2, 0.25) is 5.02 Å². The molecule has 1 unspecified atom stereocenters. The molecular formula is C12H16ClNO2. The van der Waals surface area contributed by atoms with Gasteiger partial charge in [-0.05, 0) is 31.5 Å². The van der Waals surface area contributed by atoms with E-state index in [1.54, 1.807) is 0 Å². The van der Waals surface area contributed by atoms with E-state index in [-0.39, 0.29) is 12.0 Å². The fraction of sp³-hybridized carbons (Fsp3) is 0.417. The van der Waals surface area contributed by atoms with E-state index in [1.807, 2.05) is 32.0 Å². The average Bonchev–Trinajstić information content (AvgIpc) is 2.23. The standard InChI is InChI=1S/C12H16ClNO2/c1-8-4-5-10(13)7-11(8)14-9(2)6-12(15)16-3/h4-5,7,9,14H,6H2,1-3H3. The Hall–Kier alpha value is -1.22. The third-order valence-electron chi connectivity index (χ3n) is 2.30. The zero-order valence-corrected chi connectivity index (χ0v) is 10.5. The van der Waals surface area contributed by atoms with Crippen molar-refractivity contribution in [1.29, 1.82) is 0 Å². The van der Waals surface area contributed by atoms with Crippen LogP contribution in [0.25, 0.3) is 0 Å². The van der Waals surface area contributed by atoms with Crippen molar-refractivity contribution in [2.75, 3.05) is 12.4 Å². The number of rotatable bonds is 4. The highest BCUT2D eigenvalue weighted by atomic mass is 35.5. The van der Waals surface area contributed by atoms with Crippen LogP contribution in [0.5, 0.6) is 0 Å². The zero-order chi connectivity index (χ0) is 12.1. The first-order valence-corrected chi connectivity index (χ1v) is 5.50. The highest BCUT2D eigenvalue weighted by Crippen LogP contribution is 2.21. The maximum atomic E-state index is 11.1. The van der Waals surface area contributed by atoms with Gasteiger partial charge in [-0.25, -0.2) is 0 Å². The summed E-state index contributed by atoms with van der Waals surface area (Å²) in [5, 5.41) is 3.91. The van der Waals surface area contributed by atoms with Crippen LogP contribution in [-0.2, 0) is 9.53 Å². The molecule has 0 aromatic heterocycles. The highest BCUT2D eigenvalue weighted by Gasteiger charge is 2.10. The van der Waals surface area contributed by atoms with Crippen molar-refractivity contribution in [2.45, 2.75) is 26.3 Å². The largest absolute Gasteiger partial charge is 0.469 e. The van der Waals surface area contributed by atoms with E-state index in [2.05, 4.69) is 10.1 Å². The van der Waals surface area contributed by atoms with Gasteiger partial charge in [0.2, 0.25) is 0 Å². The number of halogens is 1. The van der Waals surface area contributed by atoms with Crippen LogP contribution < -0.4 is 5.32 Å². The van der Waals surface area contributed by atoms with Crippen LogP contribution in [0.1, 0.15) is 18.9 Å². The number of ether oxygens (including phenoxy) is 1. The molecule has 0 radical (unpaired) electrons. The van der Waals surface area contributed by atoms with Crippen molar-refractivity contribution < 1.29 is 9.53 Å². The quantitative estimate of drug-likeness (QED) is 0.824. The molecule has 88 valence electrons. The second-order valence-electron chi connectivity index (χ2n) is 3.78. The number of methoxy groups -OCH3 is 1. The molecule has 0 saturated heterocycles. The van der Waals surface area contributed by atoms with Gasteiger partial charge in [-0.1, -0.05) is 17.7 Å².